The van der Waals surface area contributed by atoms with E-state index in [1.807, 2.05) is 31.0 Å². The van der Waals surface area contributed by atoms with Gasteiger partial charge in [-0.1, -0.05) is 44.2 Å². The molecule has 0 radical (unpaired) electrons. The number of hydrogen-bond acceptors (Lipinski definition) is 6. The van der Waals surface area contributed by atoms with Gasteiger partial charge in [-0.25, -0.2) is 4.79 Å². The molecule has 0 bridgehead atoms. The zero-order valence-electron chi connectivity index (χ0n) is 19.5. The first-order valence-corrected chi connectivity index (χ1v) is 11.2. The van der Waals surface area contributed by atoms with E-state index in [0.717, 1.165) is 25.7 Å². The topological polar surface area (TPSA) is 116 Å². The van der Waals surface area contributed by atoms with Crippen LogP contribution in [0.1, 0.15) is 48.8 Å². The SMILES string of the molecule is C=C(c1[nH]c(=O)[nH]c1N(C=O)CCCC)N(C)CCCn1nnc(Cc2ccccc2C)n1. The summed E-state index contributed by atoms with van der Waals surface area (Å²) < 4.78 is 0. The van der Waals surface area contributed by atoms with Crippen LogP contribution in [0.25, 0.3) is 5.70 Å². The molecule has 0 saturated carbocycles. The Bertz CT molecular complexity index is 1130. The average Bonchev–Trinajstić information content (AvgIpc) is 3.41. The van der Waals surface area contributed by atoms with Crippen molar-refractivity contribution in [1.82, 2.24) is 35.1 Å². The van der Waals surface area contributed by atoms with Crippen molar-refractivity contribution in [3.8, 4) is 0 Å². The molecule has 2 aromatic heterocycles. The van der Waals surface area contributed by atoms with Crippen LogP contribution in [0.4, 0.5) is 5.82 Å². The number of rotatable bonds is 13. The second-order valence-electron chi connectivity index (χ2n) is 8.08. The fourth-order valence-corrected chi connectivity index (χ4v) is 3.54. The highest BCUT2D eigenvalue weighted by Gasteiger charge is 2.18. The van der Waals surface area contributed by atoms with Crippen LogP contribution in [0.15, 0.2) is 35.6 Å². The third kappa shape index (κ3) is 6.18. The van der Waals surface area contributed by atoms with Crippen LogP contribution in [0.5, 0.6) is 0 Å². The number of hydrogen-bond donors (Lipinski definition) is 2. The number of nitrogens with zero attached hydrogens (tertiary/aromatic N) is 6. The first-order valence-electron chi connectivity index (χ1n) is 11.2. The van der Waals surface area contributed by atoms with Crippen molar-refractivity contribution < 1.29 is 4.79 Å². The van der Waals surface area contributed by atoms with E-state index in [1.54, 1.807) is 4.80 Å². The number of benzene rings is 1. The molecule has 0 saturated heterocycles. The van der Waals surface area contributed by atoms with Gasteiger partial charge in [0.25, 0.3) is 0 Å². The van der Waals surface area contributed by atoms with Crippen molar-refractivity contribution in [2.75, 3.05) is 25.0 Å². The predicted molar refractivity (Wildman–Crippen MR) is 128 cm³/mol. The van der Waals surface area contributed by atoms with E-state index in [1.165, 1.54) is 16.0 Å². The lowest BCUT2D eigenvalue weighted by Crippen LogP contribution is -2.26. The molecule has 10 nitrogen and oxygen atoms in total. The van der Waals surface area contributed by atoms with Gasteiger partial charge in [-0.3, -0.25) is 14.7 Å². The maximum atomic E-state index is 11.9. The third-order valence-corrected chi connectivity index (χ3v) is 5.58. The molecule has 0 aliphatic rings. The molecule has 1 aromatic carbocycles. The monoisotopic (exact) mass is 452 g/mol. The molecular formula is C23H32N8O2. The standard InChI is InChI=1S/C23H32N8O2/c1-5-6-13-30(16-32)22-21(24-23(33)25-22)18(3)29(4)12-9-14-31-27-20(26-28-31)15-19-11-8-7-10-17(19)2/h7-8,10-11,16H,3,5-6,9,12-15H2,1-2,4H3,(H2,24,25,33). The van der Waals surface area contributed by atoms with Crippen LogP contribution in [0, 0.1) is 6.92 Å². The van der Waals surface area contributed by atoms with Gasteiger partial charge in [0.05, 0.1) is 12.2 Å². The van der Waals surface area contributed by atoms with Gasteiger partial charge in [0.1, 0.15) is 11.5 Å². The zero-order valence-corrected chi connectivity index (χ0v) is 19.5. The lowest BCUT2D eigenvalue weighted by molar-refractivity contribution is -0.107. The summed E-state index contributed by atoms with van der Waals surface area (Å²) in [6, 6.07) is 8.17. The molecule has 0 aliphatic heterocycles. The highest BCUT2D eigenvalue weighted by atomic mass is 16.1. The number of amides is 1. The van der Waals surface area contributed by atoms with Crippen LogP contribution in [0.2, 0.25) is 0 Å². The molecule has 0 aliphatic carbocycles. The van der Waals surface area contributed by atoms with Crippen LogP contribution in [0.3, 0.4) is 0 Å². The number of aryl methyl sites for hydroxylation is 2. The summed E-state index contributed by atoms with van der Waals surface area (Å²) in [5.41, 5.74) is 3.17. The van der Waals surface area contributed by atoms with Crippen LogP contribution in [-0.2, 0) is 17.8 Å². The second-order valence-corrected chi connectivity index (χ2v) is 8.08. The lowest BCUT2D eigenvalue weighted by Gasteiger charge is -2.23. The molecule has 3 rings (SSSR count). The highest BCUT2D eigenvalue weighted by molar-refractivity contribution is 5.80. The number of aromatic amines is 2. The Kier molecular flexibility index (Phi) is 8.17. The number of carbonyl (C=O) groups excluding carboxylic acids is 1. The molecule has 0 atom stereocenters. The molecule has 33 heavy (non-hydrogen) atoms. The summed E-state index contributed by atoms with van der Waals surface area (Å²) in [6.07, 6.45) is 3.92. The Labute approximate surface area is 193 Å². The molecule has 10 heteroatoms. The van der Waals surface area contributed by atoms with Gasteiger partial charge < -0.3 is 9.88 Å². The average molecular weight is 453 g/mol. The molecule has 1 amide bonds. The van der Waals surface area contributed by atoms with E-state index < -0.39 is 0 Å². The van der Waals surface area contributed by atoms with Crippen molar-refractivity contribution in [1.29, 1.82) is 0 Å². The Morgan fingerprint density at radius 1 is 1.21 bits per heavy atom. The summed E-state index contributed by atoms with van der Waals surface area (Å²) in [5, 5.41) is 12.8. The maximum absolute atomic E-state index is 11.9. The minimum absolute atomic E-state index is 0.370. The van der Waals surface area contributed by atoms with Gasteiger partial charge in [-0.05, 0) is 36.1 Å². The summed E-state index contributed by atoms with van der Waals surface area (Å²) in [5.74, 6) is 1.14. The van der Waals surface area contributed by atoms with Crippen molar-refractivity contribution in [2.24, 2.45) is 0 Å². The van der Waals surface area contributed by atoms with Crippen molar-refractivity contribution in [2.45, 2.75) is 46.1 Å². The molecule has 2 heterocycles. The number of anilines is 1. The zero-order chi connectivity index (χ0) is 23.8. The number of imidazole rings is 1. The Morgan fingerprint density at radius 2 is 2.00 bits per heavy atom. The number of nitrogens with one attached hydrogen (secondary N) is 2. The summed E-state index contributed by atoms with van der Waals surface area (Å²) in [7, 11) is 1.90. The van der Waals surface area contributed by atoms with E-state index in [9.17, 15) is 9.59 Å². The highest BCUT2D eigenvalue weighted by Crippen LogP contribution is 2.23. The third-order valence-electron chi connectivity index (χ3n) is 5.58. The number of aromatic nitrogens is 6. The van der Waals surface area contributed by atoms with Gasteiger partial charge in [0.15, 0.2) is 5.82 Å². The van der Waals surface area contributed by atoms with E-state index in [-0.39, 0.29) is 5.69 Å². The molecule has 176 valence electrons. The van der Waals surface area contributed by atoms with Crippen LogP contribution in [-0.4, -0.2) is 61.6 Å². The molecule has 0 spiro atoms. The van der Waals surface area contributed by atoms with Crippen molar-refractivity contribution >= 4 is 17.9 Å². The molecule has 0 fully saturated rings. The van der Waals surface area contributed by atoms with Crippen LogP contribution < -0.4 is 10.6 Å². The maximum Gasteiger partial charge on any atom is 0.325 e. The fourth-order valence-electron chi connectivity index (χ4n) is 3.54. The summed E-state index contributed by atoms with van der Waals surface area (Å²) >= 11 is 0. The summed E-state index contributed by atoms with van der Waals surface area (Å²) in [4.78, 5) is 34.0. The van der Waals surface area contributed by atoms with Gasteiger partial charge in [-0.15, -0.1) is 10.2 Å². The minimum atomic E-state index is -0.370. The normalized spacial score (nSPS) is 10.9. The van der Waals surface area contributed by atoms with E-state index in [0.29, 0.717) is 49.1 Å². The fraction of sp³-hybridized carbons (Fsp3) is 0.435. The Morgan fingerprint density at radius 3 is 2.73 bits per heavy atom. The van der Waals surface area contributed by atoms with E-state index in [2.05, 4.69) is 51.0 Å². The summed E-state index contributed by atoms with van der Waals surface area (Å²) in [6.45, 7) is 10.0. The minimum Gasteiger partial charge on any atom is -0.373 e. The Balaban J connectivity index is 1.56. The van der Waals surface area contributed by atoms with Crippen LogP contribution >= 0.6 is 0 Å². The Hall–Kier alpha value is -3.69. The molecular weight excluding hydrogens is 420 g/mol. The molecule has 3 aromatic rings. The molecule has 2 N–H and O–H groups in total. The van der Waals surface area contributed by atoms with Crippen molar-refractivity contribution in [3.63, 3.8) is 0 Å². The smallest absolute Gasteiger partial charge is 0.325 e. The van der Waals surface area contributed by atoms with Gasteiger partial charge in [0.2, 0.25) is 6.41 Å². The first-order chi connectivity index (χ1) is 15.9. The number of tetrazole rings is 1. The quantitative estimate of drug-likeness (QED) is 0.385. The number of carbonyl (C=O) groups is 1. The molecule has 0 unspecified atom stereocenters. The van der Waals surface area contributed by atoms with Gasteiger partial charge in [-0.2, -0.15) is 4.80 Å². The first kappa shape index (κ1) is 24.0. The second kappa shape index (κ2) is 11.3. The predicted octanol–water partition coefficient (Wildman–Crippen LogP) is 2.34. The number of H-pyrrole nitrogens is 2. The van der Waals surface area contributed by atoms with Gasteiger partial charge >= 0.3 is 5.69 Å². The number of unbranched alkanes of at least 4 members (excludes halogenated alkanes) is 1. The largest absolute Gasteiger partial charge is 0.373 e. The van der Waals surface area contributed by atoms with Crippen molar-refractivity contribution in [3.05, 3.63) is 64.0 Å². The van der Waals surface area contributed by atoms with Gasteiger partial charge in [0, 0.05) is 26.6 Å². The van der Waals surface area contributed by atoms with E-state index >= 15 is 0 Å². The van der Waals surface area contributed by atoms with E-state index in [4.69, 9.17) is 0 Å². The lowest BCUT2D eigenvalue weighted by atomic mass is 10.1.